The van der Waals surface area contributed by atoms with Crippen molar-refractivity contribution in [3.8, 4) is 0 Å². The molecule has 0 aliphatic heterocycles. The molecule has 0 saturated carbocycles. The van der Waals surface area contributed by atoms with E-state index in [1.54, 1.807) is 30.5 Å². The zero-order chi connectivity index (χ0) is 18.3. The van der Waals surface area contributed by atoms with E-state index in [1.807, 2.05) is 19.2 Å². The van der Waals surface area contributed by atoms with E-state index in [0.29, 0.717) is 12.2 Å². The predicted molar refractivity (Wildman–Crippen MR) is 121 cm³/mol. The van der Waals surface area contributed by atoms with Gasteiger partial charge in [-0.1, -0.05) is 24.3 Å². The van der Waals surface area contributed by atoms with Crippen LogP contribution in [0.25, 0.3) is 0 Å². The Balaban J connectivity index is 0.00000338. The van der Waals surface area contributed by atoms with Gasteiger partial charge in [0.1, 0.15) is 0 Å². The maximum absolute atomic E-state index is 11.5. The van der Waals surface area contributed by atoms with E-state index < -0.39 is 10.0 Å². The number of nitrogens with zero attached hydrogens (tertiary/aromatic N) is 2. The minimum atomic E-state index is -3.31. The molecule has 0 bridgehead atoms. The molecule has 0 unspecified atom stereocenters. The summed E-state index contributed by atoms with van der Waals surface area (Å²) in [6.07, 6.45) is 2.11. The van der Waals surface area contributed by atoms with Gasteiger partial charge in [-0.3, -0.25) is 9.71 Å². The highest BCUT2D eigenvalue weighted by molar-refractivity contribution is 14.0. The average molecular weight is 508 g/mol. The summed E-state index contributed by atoms with van der Waals surface area (Å²) >= 11 is 1.75. The largest absolute Gasteiger partial charge is 0.352 e. The number of guanidine groups is 1. The lowest BCUT2D eigenvalue weighted by Crippen LogP contribution is -2.39. The maximum atomic E-state index is 11.5. The average Bonchev–Trinajstić information content (AvgIpc) is 3.07. The van der Waals surface area contributed by atoms with E-state index in [-0.39, 0.29) is 24.0 Å². The summed E-state index contributed by atoms with van der Waals surface area (Å²) in [6, 6.07) is 11.5. The van der Waals surface area contributed by atoms with Crippen LogP contribution in [0, 0.1) is 0 Å². The van der Waals surface area contributed by atoms with Crippen LogP contribution in [0.1, 0.15) is 10.4 Å². The van der Waals surface area contributed by atoms with Gasteiger partial charge in [-0.15, -0.1) is 35.3 Å². The van der Waals surface area contributed by atoms with Crippen LogP contribution < -0.4 is 10.0 Å². The van der Waals surface area contributed by atoms with Crippen LogP contribution in [0.2, 0.25) is 0 Å². The zero-order valence-corrected chi connectivity index (χ0v) is 19.1. The first-order chi connectivity index (χ1) is 11.9. The van der Waals surface area contributed by atoms with Gasteiger partial charge in [0.2, 0.25) is 10.0 Å². The van der Waals surface area contributed by atoms with Crippen molar-refractivity contribution < 1.29 is 8.42 Å². The van der Waals surface area contributed by atoms with Crippen molar-refractivity contribution in [1.82, 2.24) is 10.2 Å². The van der Waals surface area contributed by atoms with Crippen molar-refractivity contribution >= 4 is 57.0 Å². The van der Waals surface area contributed by atoms with Crippen molar-refractivity contribution in [3.63, 3.8) is 0 Å². The van der Waals surface area contributed by atoms with E-state index in [2.05, 4.69) is 37.4 Å². The molecule has 6 nitrogen and oxygen atoms in total. The van der Waals surface area contributed by atoms with Gasteiger partial charge in [0.25, 0.3) is 0 Å². The van der Waals surface area contributed by atoms with Crippen molar-refractivity contribution in [2.24, 2.45) is 4.99 Å². The molecular formula is C17H25IN4O2S2. The molecule has 0 spiro atoms. The second-order valence-corrected chi connectivity index (χ2v) is 8.46. The molecule has 1 heterocycles. The SMILES string of the molecule is CN=C(NCc1ccccc1NS(C)(=O)=O)N(C)CCc1cccs1.I. The number of likely N-dealkylation sites (N-methyl/N-ethyl adjacent to an activating group) is 1. The third kappa shape index (κ3) is 7.50. The molecule has 2 rings (SSSR count). The lowest BCUT2D eigenvalue weighted by Gasteiger charge is -2.22. The summed E-state index contributed by atoms with van der Waals surface area (Å²) in [5.41, 5.74) is 1.44. The fourth-order valence-corrected chi connectivity index (χ4v) is 3.67. The molecule has 0 saturated heterocycles. The van der Waals surface area contributed by atoms with Gasteiger partial charge in [-0.05, 0) is 29.5 Å². The molecule has 1 aromatic carbocycles. The van der Waals surface area contributed by atoms with Crippen molar-refractivity contribution in [2.45, 2.75) is 13.0 Å². The Kier molecular flexibility index (Phi) is 9.37. The normalized spacial score (nSPS) is 11.6. The van der Waals surface area contributed by atoms with Gasteiger partial charge in [0.15, 0.2) is 5.96 Å². The topological polar surface area (TPSA) is 73.8 Å². The molecule has 1 aromatic heterocycles. The van der Waals surface area contributed by atoms with Crippen LogP contribution in [-0.4, -0.2) is 46.2 Å². The molecular weight excluding hydrogens is 483 g/mol. The number of rotatable bonds is 7. The summed E-state index contributed by atoms with van der Waals surface area (Å²) in [5, 5.41) is 5.36. The number of anilines is 1. The van der Waals surface area contributed by atoms with Crippen LogP contribution in [-0.2, 0) is 23.0 Å². The molecule has 9 heteroatoms. The predicted octanol–water partition coefficient (Wildman–Crippen LogP) is 2.99. The van der Waals surface area contributed by atoms with Crippen LogP contribution in [0.15, 0.2) is 46.8 Å². The number of aliphatic imine (C=N–C) groups is 1. The first-order valence-corrected chi connectivity index (χ1v) is 10.7. The van der Waals surface area contributed by atoms with Gasteiger partial charge < -0.3 is 10.2 Å². The van der Waals surface area contributed by atoms with Crippen molar-refractivity contribution in [3.05, 3.63) is 52.2 Å². The molecule has 26 heavy (non-hydrogen) atoms. The van der Waals surface area contributed by atoms with Crippen LogP contribution in [0.3, 0.4) is 0 Å². The lowest BCUT2D eigenvalue weighted by molar-refractivity contribution is 0.486. The standard InChI is InChI=1S/C17H24N4O2S2.HI/c1-18-17(21(2)11-10-15-8-6-12-24-15)19-13-14-7-4-5-9-16(14)20-25(3,22)23;/h4-9,12,20H,10-11,13H2,1-3H3,(H,18,19);1H. The van der Waals surface area contributed by atoms with E-state index in [1.165, 1.54) is 4.88 Å². The minimum absolute atomic E-state index is 0. The summed E-state index contributed by atoms with van der Waals surface area (Å²) in [7, 11) is 0.419. The van der Waals surface area contributed by atoms with Crippen molar-refractivity contribution in [1.29, 1.82) is 0 Å². The summed E-state index contributed by atoms with van der Waals surface area (Å²) in [4.78, 5) is 7.70. The molecule has 2 aromatic rings. The first-order valence-electron chi connectivity index (χ1n) is 7.89. The van der Waals surface area contributed by atoms with Gasteiger partial charge >= 0.3 is 0 Å². The van der Waals surface area contributed by atoms with Crippen LogP contribution in [0.4, 0.5) is 5.69 Å². The molecule has 2 N–H and O–H groups in total. The Morgan fingerprint density at radius 1 is 1.23 bits per heavy atom. The smallest absolute Gasteiger partial charge is 0.229 e. The van der Waals surface area contributed by atoms with Gasteiger partial charge in [0.05, 0.1) is 11.9 Å². The highest BCUT2D eigenvalue weighted by Gasteiger charge is 2.10. The summed E-state index contributed by atoms with van der Waals surface area (Å²) in [6.45, 7) is 1.33. The Morgan fingerprint density at radius 3 is 2.58 bits per heavy atom. The second-order valence-electron chi connectivity index (χ2n) is 5.68. The number of benzene rings is 1. The van der Waals surface area contributed by atoms with E-state index in [9.17, 15) is 8.42 Å². The Hall–Kier alpha value is -1.33. The number of halogens is 1. The summed E-state index contributed by atoms with van der Waals surface area (Å²) < 4.78 is 25.5. The number of hydrogen-bond donors (Lipinski definition) is 2. The Labute approximate surface area is 176 Å². The molecule has 0 amide bonds. The minimum Gasteiger partial charge on any atom is -0.352 e. The molecule has 0 radical (unpaired) electrons. The van der Waals surface area contributed by atoms with E-state index in [4.69, 9.17) is 0 Å². The second kappa shape index (κ2) is 10.7. The van der Waals surface area contributed by atoms with Crippen LogP contribution >= 0.6 is 35.3 Å². The number of para-hydroxylation sites is 1. The molecule has 0 fully saturated rings. The number of sulfonamides is 1. The van der Waals surface area contributed by atoms with Gasteiger partial charge in [0, 0.05) is 32.1 Å². The van der Waals surface area contributed by atoms with Gasteiger partial charge in [-0.2, -0.15) is 0 Å². The highest BCUT2D eigenvalue weighted by atomic mass is 127. The van der Waals surface area contributed by atoms with Crippen molar-refractivity contribution in [2.75, 3.05) is 31.6 Å². The van der Waals surface area contributed by atoms with Gasteiger partial charge in [-0.25, -0.2) is 8.42 Å². The Morgan fingerprint density at radius 2 is 1.96 bits per heavy atom. The third-order valence-electron chi connectivity index (χ3n) is 3.60. The molecule has 144 valence electrons. The highest BCUT2D eigenvalue weighted by Crippen LogP contribution is 2.16. The third-order valence-corrected chi connectivity index (χ3v) is 5.12. The monoisotopic (exact) mass is 508 g/mol. The lowest BCUT2D eigenvalue weighted by atomic mass is 10.2. The van der Waals surface area contributed by atoms with Crippen LogP contribution in [0.5, 0.6) is 0 Å². The molecule has 0 atom stereocenters. The fourth-order valence-electron chi connectivity index (χ4n) is 2.37. The maximum Gasteiger partial charge on any atom is 0.229 e. The fraction of sp³-hybridized carbons (Fsp3) is 0.353. The number of thiophene rings is 1. The first kappa shape index (κ1) is 22.7. The molecule has 0 aliphatic rings. The van der Waals surface area contributed by atoms with E-state index in [0.717, 1.165) is 30.7 Å². The molecule has 0 aliphatic carbocycles. The summed E-state index contributed by atoms with van der Waals surface area (Å²) in [5.74, 6) is 0.769. The zero-order valence-electron chi connectivity index (χ0n) is 15.1. The number of hydrogen-bond acceptors (Lipinski definition) is 4. The van der Waals surface area contributed by atoms with E-state index >= 15 is 0 Å². The Bertz CT molecular complexity index is 808. The quantitative estimate of drug-likeness (QED) is 0.343. The number of nitrogens with one attached hydrogen (secondary N) is 2.